The number of aliphatic hydroxyl groups is 1. The molecular weight excluding hydrogens is 136 g/mol. The van der Waals surface area contributed by atoms with Gasteiger partial charge in [0.2, 0.25) is 0 Å². The molecule has 0 aromatic heterocycles. The van der Waals surface area contributed by atoms with Crippen molar-refractivity contribution >= 4 is 0 Å². The molecule has 11 heavy (non-hydrogen) atoms. The van der Waals surface area contributed by atoms with Gasteiger partial charge in [0.25, 0.3) is 0 Å². The van der Waals surface area contributed by atoms with Crippen LogP contribution in [0.1, 0.15) is 46.0 Å². The third kappa shape index (κ3) is 7.60. The van der Waals surface area contributed by atoms with Crippen molar-refractivity contribution in [1.29, 1.82) is 0 Å². The van der Waals surface area contributed by atoms with Crippen molar-refractivity contribution in [3.05, 3.63) is 11.6 Å². The van der Waals surface area contributed by atoms with Crippen molar-refractivity contribution in [3.63, 3.8) is 0 Å². The maximum atomic E-state index is 8.56. The second-order valence-electron chi connectivity index (χ2n) is 3.04. The Morgan fingerprint density at radius 1 is 1.27 bits per heavy atom. The summed E-state index contributed by atoms with van der Waals surface area (Å²) in [5.41, 5.74) is 1.32. The minimum absolute atomic E-state index is 0.194. The lowest BCUT2D eigenvalue weighted by Gasteiger charge is -1.99. The van der Waals surface area contributed by atoms with Crippen LogP contribution in [0.3, 0.4) is 0 Å². The Kier molecular flexibility index (Phi) is 7.59. The summed E-state index contributed by atoms with van der Waals surface area (Å²) in [4.78, 5) is 0. The van der Waals surface area contributed by atoms with Crippen molar-refractivity contribution in [2.24, 2.45) is 0 Å². The highest BCUT2D eigenvalue weighted by Gasteiger charge is 1.89. The first-order valence-electron chi connectivity index (χ1n) is 4.57. The van der Waals surface area contributed by atoms with Gasteiger partial charge < -0.3 is 5.11 Å². The van der Waals surface area contributed by atoms with Crippen LogP contribution in [0.2, 0.25) is 0 Å². The molecule has 66 valence electrons. The van der Waals surface area contributed by atoms with E-state index in [9.17, 15) is 0 Å². The first kappa shape index (κ1) is 10.7. The van der Waals surface area contributed by atoms with E-state index in [1.54, 1.807) is 0 Å². The van der Waals surface area contributed by atoms with Crippen molar-refractivity contribution in [3.8, 4) is 0 Å². The molecule has 1 nitrogen and oxygen atoms in total. The lowest BCUT2D eigenvalue weighted by Crippen LogP contribution is -1.82. The zero-order valence-electron chi connectivity index (χ0n) is 7.77. The van der Waals surface area contributed by atoms with Crippen LogP contribution in [0, 0.1) is 0 Å². The van der Waals surface area contributed by atoms with E-state index in [0.717, 1.165) is 6.42 Å². The summed E-state index contributed by atoms with van der Waals surface area (Å²) in [7, 11) is 0. The SMILES string of the molecule is CCCCCC/C(C)=C/CO. The zero-order chi connectivity index (χ0) is 8.53. The van der Waals surface area contributed by atoms with E-state index in [0.29, 0.717) is 0 Å². The molecule has 1 N–H and O–H groups in total. The predicted octanol–water partition coefficient (Wildman–Crippen LogP) is 2.90. The van der Waals surface area contributed by atoms with Gasteiger partial charge in [-0.25, -0.2) is 0 Å². The molecule has 0 saturated carbocycles. The van der Waals surface area contributed by atoms with Gasteiger partial charge in [0.05, 0.1) is 6.61 Å². The first-order chi connectivity index (χ1) is 5.31. The normalized spacial score (nSPS) is 12.1. The Hall–Kier alpha value is -0.300. The van der Waals surface area contributed by atoms with E-state index >= 15 is 0 Å². The third-order valence-electron chi connectivity index (χ3n) is 1.86. The molecule has 0 atom stereocenters. The van der Waals surface area contributed by atoms with Gasteiger partial charge in [-0.15, -0.1) is 0 Å². The monoisotopic (exact) mass is 156 g/mol. The molecule has 0 aromatic carbocycles. The molecule has 0 saturated heterocycles. The molecule has 0 fully saturated rings. The quantitative estimate of drug-likeness (QED) is 0.463. The molecule has 0 radical (unpaired) electrons. The van der Waals surface area contributed by atoms with Gasteiger partial charge in [-0.05, 0) is 19.8 Å². The highest BCUT2D eigenvalue weighted by Crippen LogP contribution is 2.08. The summed E-state index contributed by atoms with van der Waals surface area (Å²) in [6, 6.07) is 0. The van der Waals surface area contributed by atoms with Gasteiger partial charge >= 0.3 is 0 Å². The van der Waals surface area contributed by atoms with Crippen molar-refractivity contribution < 1.29 is 5.11 Å². The molecule has 1 heteroatoms. The van der Waals surface area contributed by atoms with Crippen LogP contribution in [0.5, 0.6) is 0 Å². The van der Waals surface area contributed by atoms with E-state index < -0.39 is 0 Å². The smallest absolute Gasteiger partial charge is 0.0614 e. The highest BCUT2D eigenvalue weighted by atomic mass is 16.2. The van der Waals surface area contributed by atoms with Crippen LogP contribution in [0.4, 0.5) is 0 Å². The van der Waals surface area contributed by atoms with Crippen LogP contribution in [-0.4, -0.2) is 11.7 Å². The molecule has 0 bridgehead atoms. The number of allylic oxidation sites excluding steroid dienone is 1. The number of aliphatic hydroxyl groups excluding tert-OH is 1. The maximum Gasteiger partial charge on any atom is 0.0614 e. The Labute approximate surface area is 70.1 Å². The van der Waals surface area contributed by atoms with Gasteiger partial charge in [0, 0.05) is 0 Å². The minimum atomic E-state index is 0.194. The first-order valence-corrected chi connectivity index (χ1v) is 4.57. The van der Waals surface area contributed by atoms with E-state index in [-0.39, 0.29) is 6.61 Å². The molecule has 0 spiro atoms. The second kappa shape index (κ2) is 7.80. The average Bonchev–Trinajstić information content (AvgIpc) is 1.99. The predicted molar refractivity (Wildman–Crippen MR) is 49.6 cm³/mol. The number of hydrogen-bond acceptors (Lipinski definition) is 1. The standard InChI is InChI=1S/C10H20O/c1-3-4-5-6-7-10(2)8-9-11/h8,11H,3-7,9H2,1-2H3/b10-8+. The fourth-order valence-electron chi connectivity index (χ4n) is 1.09. The minimum Gasteiger partial charge on any atom is -0.392 e. The lowest BCUT2D eigenvalue weighted by atomic mass is 10.1. The topological polar surface area (TPSA) is 20.2 Å². The van der Waals surface area contributed by atoms with Crippen molar-refractivity contribution in [2.75, 3.05) is 6.61 Å². The van der Waals surface area contributed by atoms with Crippen molar-refractivity contribution in [1.82, 2.24) is 0 Å². The summed E-state index contributed by atoms with van der Waals surface area (Å²) >= 11 is 0. The highest BCUT2D eigenvalue weighted by molar-refractivity contribution is 4.97. The Morgan fingerprint density at radius 2 is 2.00 bits per heavy atom. The third-order valence-corrected chi connectivity index (χ3v) is 1.86. The zero-order valence-corrected chi connectivity index (χ0v) is 7.77. The van der Waals surface area contributed by atoms with E-state index in [2.05, 4.69) is 13.8 Å². The Morgan fingerprint density at radius 3 is 2.55 bits per heavy atom. The number of hydrogen-bond donors (Lipinski definition) is 1. The second-order valence-corrected chi connectivity index (χ2v) is 3.04. The molecular formula is C10H20O. The van der Waals surface area contributed by atoms with Crippen LogP contribution in [0.25, 0.3) is 0 Å². The van der Waals surface area contributed by atoms with Crippen LogP contribution in [-0.2, 0) is 0 Å². The molecule has 0 heterocycles. The summed E-state index contributed by atoms with van der Waals surface area (Å²) in [6.07, 6.45) is 8.28. The molecule has 0 aliphatic carbocycles. The van der Waals surface area contributed by atoms with Gasteiger partial charge in [-0.1, -0.05) is 37.8 Å². The van der Waals surface area contributed by atoms with Crippen LogP contribution >= 0.6 is 0 Å². The molecule has 0 rings (SSSR count). The van der Waals surface area contributed by atoms with Crippen LogP contribution in [0.15, 0.2) is 11.6 Å². The van der Waals surface area contributed by atoms with Crippen molar-refractivity contribution in [2.45, 2.75) is 46.0 Å². The average molecular weight is 156 g/mol. The summed E-state index contributed by atoms with van der Waals surface area (Å²) < 4.78 is 0. The van der Waals surface area contributed by atoms with Gasteiger partial charge in [-0.2, -0.15) is 0 Å². The number of unbranched alkanes of at least 4 members (excludes halogenated alkanes) is 3. The summed E-state index contributed by atoms with van der Waals surface area (Å²) in [5.74, 6) is 0. The summed E-state index contributed by atoms with van der Waals surface area (Å²) in [5, 5.41) is 8.56. The molecule has 0 amide bonds. The Bertz CT molecular complexity index is 105. The Balaban J connectivity index is 3.17. The van der Waals surface area contributed by atoms with E-state index in [1.165, 1.54) is 31.3 Å². The molecule has 0 aliphatic heterocycles. The fourth-order valence-corrected chi connectivity index (χ4v) is 1.09. The van der Waals surface area contributed by atoms with Gasteiger partial charge in [0.15, 0.2) is 0 Å². The van der Waals surface area contributed by atoms with E-state index in [4.69, 9.17) is 5.11 Å². The fraction of sp³-hybridized carbons (Fsp3) is 0.800. The maximum absolute atomic E-state index is 8.56. The largest absolute Gasteiger partial charge is 0.392 e. The molecule has 0 aliphatic rings. The molecule has 0 unspecified atom stereocenters. The van der Waals surface area contributed by atoms with Gasteiger partial charge in [-0.3, -0.25) is 0 Å². The molecule has 0 aromatic rings. The summed E-state index contributed by atoms with van der Waals surface area (Å²) in [6.45, 7) is 4.50. The van der Waals surface area contributed by atoms with Gasteiger partial charge in [0.1, 0.15) is 0 Å². The number of rotatable bonds is 6. The van der Waals surface area contributed by atoms with Crippen LogP contribution < -0.4 is 0 Å². The van der Waals surface area contributed by atoms with E-state index in [1.807, 2.05) is 6.08 Å². The lowest BCUT2D eigenvalue weighted by molar-refractivity contribution is 0.341.